The summed E-state index contributed by atoms with van der Waals surface area (Å²) >= 11 is 0. The molecular formula is C31H45N3O4. The number of nitrogens with zero attached hydrogens (tertiary/aromatic N) is 3. The van der Waals surface area contributed by atoms with Gasteiger partial charge in [0.15, 0.2) is 11.3 Å². The van der Waals surface area contributed by atoms with Gasteiger partial charge in [-0.05, 0) is 118 Å². The minimum Gasteiger partial charge on any atom is -0.494 e. The van der Waals surface area contributed by atoms with E-state index >= 15 is 0 Å². The van der Waals surface area contributed by atoms with Crippen LogP contribution in [0.25, 0.3) is 11.0 Å². The number of hydrogen-bond donors (Lipinski definition) is 1. The number of Topliss-reactive ketones (excluding diaryl/α,β-unsaturated/α-hetero) is 1. The van der Waals surface area contributed by atoms with Gasteiger partial charge in [-0.2, -0.15) is 9.90 Å². The second kappa shape index (κ2) is 9.58. The van der Waals surface area contributed by atoms with Gasteiger partial charge in [0.1, 0.15) is 17.8 Å². The molecule has 2 aromatic rings. The number of ketones is 1. The molecule has 4 aliphatic carbocycles. The number of fused-ring (bicyclic) bond motifs is 6. The predicted octanol–water partition coefficient (Wildman–Crippen LogP) is 5.44. The lowest BCUT2D eigenvalue weighted by Crippen LogP contribution is -2.57. The first-order chi connectivity index (χ1) is 18.2. The molecule has 1 aromatic carbocycles. The number of carbonyl (C=O) groups is 1. The van der Waals surface area contributed by atoms with Crippen LogP contribution in [-0.2, 0) is 16.1 Å². The first kappa shape index (κ1) is 26.2. The van der Waals surface area contributed by atoms with E-state index in [1.165, 1.54) is 19.3 Å². The third-order valence-electron chi connectivity index (χ3n) is 11.7. The molecule has 4 saturated carbocycles. The van der Waals surface area contributed by atoms with E-state index in [4.69, 9.17) is 9.47 Å². The Labute approximate surface area is 226 Å². The molecule has 4 aliphatic rings. The average Bonchev–Trinajstić information content (AvgIpc) is 3.47. The summed E-state index contributed by atoms with van der Waals surface area (Å²) < 4.78 is 11.1. The van der Waals surface area contributed by atoms with E-state index in [2.05, 4.69) is 17.1 Å². The molecule has 7 heteroatoms. The molecule has 0 amide bonds. The molecule has 1 heterocycles. The van der Waals surface area contributed by atoms with E-state index in [1.54, 1.807) is 11.9 Å². The van der Waals surface area contributed by atoms with Crippen LogP contribution in [0, 0.1) is 40.4 Å². The van der Waals surface area contributed by atoms with Crippen LogP contribution in [0.3, 0.4) is 0 Å². The maximum absolute atomic E-state index is 13.8. The van der Waals surface area contributed by atoms with Gasteiger partial charge >= 0.3 is 0 Å². The van der Waals surface area contributed by atoms with Crippen molar-refractivity contribution in [2.24, 2.45) is 40.4 Å². The summed E-state index contributed by atoms with van der Waals surface area (Å²) in [6, 6.07) is 5.71. The Morgan fingerprint density at radius 2 is 1.89 bits per heavy atom. The lowest BCUT2D eigenvalue weighted by atomic mass is 9.42. The molecule has 0 unspecified atom stereocenters. The SMILES string of the molecule is COCC[C@]12CC[C@@](C)(O)C[C@@H]1CC[C@H]1[C@@H]3CC[C@H](C(=O)Cn4nc5cccc(OC)c5n4)[C@@]3(C)CC[C@@H]12. The van der Waals surface area contributed by atoms with Crippen molar-refractivity contribution in [2.75, 3.05) is 20.8 Å². The fourth-order valence-electron chi connectivity index (χ4n) is 9.99. The Morgan fingerprint density at radius 1 is 1.05 bits per heavy atom. The molecule has 0 aliphatic heterocycles. The zero-order valence-corrected chi connectivity index (χ0v) is 23.6. The van der Waals surface area contributed by atoms with E-state index in [0.717, 1.165) is 57.1 Å². The van der Waals surface area contributed by atoms with Gasteiger partial charge in [0.05, 0.1) is 12.7 Å². The van der Waals surface area contributed by atoms with E-state index in [0.29, 0.717) is 34.9 Å². The van der Waals surface area contributed by atoms with Crippen LogP contribution >= 0.6 is 0 Å². The minimum atomic E-state index is -0.530. The molecule has 4 fully saturated rings. The highest BCUT2D eigenvalue weighted by atomic mass is 16.5. The summed E-state index contributed by atoms with van der Waals surface area (Å²) in [5, 5.41) is 20.1. The second-order valence-electron chi connectivity index (χ2n) is 13.5. The Bertz CT molecular complexity index is 1190. The largest absolute Gasteiger partial charge is 0.494 e. The van der Waals surface area contributed by atoms with Crippen molar-refractivity contribution in [3.05, 3.63) is 18.2 Å². The van der Waals surface area contributed by atoms with Gasteiger partial charge in [-0.25, -0.2) is 0 Å². The average molecular weight is 524 g/mol. The van der Waals surface area contributed by atoms with Gasteiger partial charge < -0.3 is 14.6 Å². The number of aliphatic hydroxyl groups is 1. The molecule has 0 spiro atoms. The van der Waals surface area contributed by atoms with Crippen molar-refractivity contribution < 1.29 is 19.4 Å². The maximum atomic E-state index is 13.8. The molecule has 208 valence electrons. The number of carbonyl (C=O) groups excluding carboxylic acids is 1. The van der Waals surface area contributed by atoms with Crippen LogP contribution in [0.15, 0.2) is 18.2 Å². The normalized spacial score (nSPS) is 40.4. The minimum absolute atomic E-state index is 0.0535. The van der Waals surface area contributed by atoms with Gasteiger partial charge in [-0.15, -0.1) is 5.10 Å². The number of aromatic nitrogens is 3. The number of benzene rings is 1. The number of rotatable bonds is 7. The molecule has 7 nitrogen and oxygen atoms in total. The van der Waals surface area contributed by atoms with Crippen LogP contribution in [0.4, 0.5) is 0 Å². The predicted molar refractivity (Wildman–Crippen MR) is 146 cm³/mol. The van der Waals surface area contributed by atoms with Crippen molar-refractivity contribution in [3.63, 3.8) is 0 Å². The lowest BCUT2D eigenvalue weighted by Gasteiger charge is -2.63. The van der Waals surface area contributed by atoms with Crippen LogP contribution in [0.2, 0.25) is 0 Å². The van der Waals surface area contributed by atoms with E-state index in [9.17, 15) is 9.90 Å². The van der Waals surface area contributed by atoms with Crippen molar-refractivity contribution in [1.29, 1.82) is 0 Å². The molecule has 38 heavy (non-hydrogen) atoms. The molecule has 0 bridgehead atoms. The van der Waals surface area contributed by atoms with Crippen molar-refractivity contribution in [2.45, 2.75) is 90.2 Å². The van der Waals surface area contributed by atoms with Crippen LogP contribution in [0.1, 0.15) is 78.1 Å². The number of methoxy groups -OCH3 is 2. The molecule has 1 N–H and O–H groups in total. The van der Waals surface area contributed by atoms with Gasteiger partial charge in [-0.3, -0.25) is 4.79 Å². The van der Waals surface area contributed by atoms with Crippen LogP contribution in [-0.4, -0.2) is 52.3 Å². The van der Waals surface area contributed by atoms with Crippen LogP contribution < -0.4 is 4.74 Å². The number of hydrogen-bond acceptors (Lipinski definition) is 6. The summed E-state index contributed by atoms with van der Waals surface area (Å²) in [5.74, 6) is 3.59. The molecule has 0 radical (unpaired) electrons. The molecule has 8 atom stereocenters. The standard InChI is InChI=1S/C31H45N3O4/c1-29(36)14-15-31(16-17-37-3)20(18-29)8-9-21-22-10-11-24(30(22,2)13-12-23(21)31)26(35)19-34-32-25-6-5-7-27(38-4)28(25)33-34/h5-7,20-24,36H,8-19H2,1-4H3/t20-,21-,22-,23-,24+,29+,30-,31+/m0/s1. The molecular weight excluding hydrogens is 478 g/mol. The van der Waals surface area contributed by atoms with Gasteiger partial charge in [0, 0.05) is 19.6 Å². The summed E-state index contributed by atoms with van der Waals surface area (Å²) in [4.78, 5) is 15.4. The second-order valence-corrected chi connectivity index (χ2v) is 13.5. The zero-order chi connectivity index (χ0) is 26.7. The first-order valence-corrected chi connectivity index (χ1v) is 14.8. The zero-order valence-electron chi connectivity index (χ0n) is 23.6. The lowest BCUT2D eigenvalue weighted by molar-refractivity contribution is -0.163. The third-order valence-corrected chi connectivity index (χ3v) is 11.7. The Kier molecular flexibility index (Phi) is 6.62. The summed E-state index contributed by atoms with van der Waals surface area (Å²) in [6.45, 7) is 5.49. The number of ether oxygens (including phenoxy) is 2. The first-order valence-electron chi connectivity index (χ1n) is 14.8. The Morgan fingerprint density at radius 3 is 2.68 bits per heavy atom. The van der Waals surface area contributed by atoms with E-state index in [-0.39, 0.29) is 29.1 Å². The maximum Gasteiger partial charge on any atom is 0.159 e. The van der Waals surface area contributed by atoms with Crippen molar-refractivity contribution in [3.8, 4) is 5.75 Å². The topological polar surface area (TPSA) is 86.5 Å². The summed E-state index contributed by atoms with van der Waals surface area (Å²) in [6.07, 6.45) is 11.0. The fraction of sp³-hybridized carbons (Fsp3) is 0.774. The van der Waals surface area contributed by atoms with Crippen LogP contribution in [0.5, 0.6) is 5.75 Å². The summed E-state index contributed by atoms with van der Waals surface area (Å²) in [7, 11) is 3.46. The highest BCUT2D eigenvalue weighted by Gasteiger charge is 2.62. The molecule has 1 aromatic heterocycles. The highest BCUT2D eigenvalue weighted by molar-refractivity contribution is 5.83. The van der Waals surface area contributed by atoms with E-state index < -0.39 is 5.60 Å². The highest BCUT2D eigenvalue weighted by Crippen LogP contribution is 2.69. The molecule has 0 saturated heterocycles. The quantitative estimate of drug-likeness (QED) is 0.520. The van der Waals surface area contributed by atoms with Gasteiger partial charge in [0.25, 0.3) is 0 Å². The van der Waals surface area contributed by atoms with E-state index in [1.807, 2.05) is 32.2 Å². The van der Waals surface area contributed by atoms with Gasteiger partial charge in [-0.1, -0.05) is 13.0 Å². The Hall–Kier alpha value is -1.99. The molecule has 6 rings (SSSR count). The Balaban J connectivity index is 1.22. The fourth-order valence-corrected chi connectivity index (χ4v) is 9.99. The monoisotopic (exact) mass is 523 g/mol. The smallest absolute Gasteiger partial charge is 0.159 e. The van der Waals surface area contributed by atoms with Gasteiger partial charge in [0.2, 0.25) is 0 Å². The third kappa shape index (κ3) is 4.11. The van der Waals surface area contributed by atoms with Crippen molar-refractivity contribution >= 4 is 16.8 Å². The van der Waals surface area contributed by atoms with Crippen molar-refractivity contribution in [1.82, 2.24) is 15.0 Å². The summed E-state index contributed by atoms with van der Waals surface area (Å²) in [5.41, 5.74) is 1.28.